The van der Waals surface area contributed by atoms with Crippen LogP contribution >= 0.6 is 23.2 Å². The summed E-state index contributed by atoms with van der Waals surface area (Å²) in [6, 6.07) is 11.3. The molecule has 0 saturated carbocycles. The molecule has 4 rings (SSSR count). The third-order valence-electron chi connectivity index (χ3n) is 5.88. The smallest absolute Gasteiger partial charge is 0.295 e. The molecule has 2 fully saturated rings. The number of hydrogen-bond donors (Lipinski definition) is 1. The standard InChI is InChI=1S/C24H24Cl2N2O4/c1-15-2-4-16(5-3-15)22(29)20-21(18-7-6-17(25)14-19(18)26)28(24(31)23(20)30)9-8-27-10-12-32-13-11-27/h2-7,14,21,29H,8-13H2,1H3/b22-20+. The lowest BCUT2D eigenvalue weighted by Crippen LogP contribution is -2.42. The van der Waals surface area contributed by atoms with E-state index in [1.165, 1.54) is 4.90 Å². The average molecular weight is 475 g/mol. The summed E-state index contributed by atoms with van der Waals surface area (Å²) in [5.74, 6) is -1.59. The van der Waals surface area contributed by atoms with Gasteiger partial charge in [-0.05, 0) is 24.6 Å². The van der Waals surface area contributed by atoms with Crippen LogP contribution < -0.4 is 0 Å². The van der Waals surface area contributed by atoms with Gasteiger partial charge in [-0.25, -0.2) is 0 Å². The molecule has 1 N–H and O–H groups in total. The van der Waals surface area contributed by atoms with Crippen LogP contribution in [0.4, 0.5) is 0 Å². The molecular formula is C24H24Cl2N2O4. The van der Waals surface area contributed by atoms with Gasteiger partial charge in [0.2, 0.25) is 0 Å². The van der Waals surface area contributed by atoms with E-state index in [1.54, 1.807) is 30.3 Å². The van der Waals surface area contributed by atoms with Gasteiger partial charge in [-0.3, -0.25) is 14.5 Å². The van der Waals surface area contributed by atoms with E-state index in [0.29, 0.717) is 47.5 Å². The fourth-order valence-electron chi connectivity index (χ4n) is 4.10. The third kappa shape index (κ3) is 4.55. The molecule has 6 nitrogen and oxygen atoms in total. The van der Waals surface area contributed by atoms with Crippen molar-refractivity contribution in [1.29, 1.82) is 0 Å². The first-order chi connectivity index (χ1) is 15.4. The molecule has 2 aromatic carbocycles. The first-order valence-corrected chi connectivity index (χ1v) is 11.2. The number of benzene rings is 2. The fraction of sp³-hybridized carbons (Fsp3) is 0.333. The van der Waals surface area contributed by atoms with Crippen molar-refractivity contribution in [3.8, 4) is 0 Å². The highest BCUT2D eigenvalue weighted by molar-refractivity contribution is 6.47. The Morgan fingerprint density at radius 1 is 1.06 bits per heavy atom. The molecular weight excluding hydrogens is 451 g/mol. The largest absolute Gasteiger partial charge is 0.507 e. The first kappa shape index (κ1) is 22.8. The Balaban J connectivity index is 1.76. The van der Waals surface area contributed by atoms with Crippen LogP contribution in [0.5, 0.6) is 0 Å². The summed E-state index contributed by atoms with van der Waals surface area (Å²) in [5, 5.41) is 11.9. The zero-order valence-corrected chi connectivity index (χ0v) is 19.2. The maximum Gasteiger partial charge on any atom is 0.295 e. The van der Waals surface area contributed by atoms with Gasteiger partial charge in [-0.15, -0.1) is 0 Å². The second kappa shape index (κ2) is 9.63. The second-order valence-corrected chi connectivity index (χ2v) is 8.82. The van der Waals surface area contributed by atoms with Crippen LogP contribution in [0.3, 0.4) is 0 Å². The van der Waals surface area contributed by atoms with Crippen molar-refractivity contribution < 1.29 is 19.4 Å². The Morgan fingerprint density at radius 3 is 2.41 bits per heavy atom. The fourth-order valence-corrected chi connectivity index (χ4v) is 4.61. The van der Waals surface area contributed by atoms with E-state index < -0.39 is 17.7 Å². The first-order valence-electron chi connectivity index (χ1n) is 10.5. The van der Waals surface area contributed by atoms with E-state index in [2.05, 4.69) is 4.90 Å². The number of aliphatic hydroxyl groups excluding tert-OH is 1. The summed E-state index contributed by atoms with van der Waals surface area (Å²) in [5.41, 5.74) is 2.07. The number of morpholine rings is 1. The molecule has 168 valence electrons. The van der Waals surface area contributed by atoms with Gasteiger partial charge in [0.15, 0.2) is 0 Å². The summed E-state index contributed by atoms with van der Waals surface area (Å²) < 4.78 is 5.39. The number of nitrogens with zero attached hydrogens (tertiary/aromatic N) is 2. The quantitative estimate of drug-likeness (QED) is 0.402. The van der Waals surface area contributed by atoms with Gasteiger partial charge in [0, 0.05) is 41.8 Å². The summed E-state index contributed by atoms with van der Waals surface area (Å²) in [4.78, 5) is 29.8. The van der Waals surface area contributed by atoms with E-state index in [1.807, 2.05) is 19.1 Å². The summed E-state index contributed by atoms with van der Waals surface area (Å²) in [7, 11) is 0. The van der Waals surface area contributed by atoms with Gasteiger partial charge in [-0.2, -0.15) is 0 Å². The summed E-state index contributed by atoms with van der Waals surface area (Å²) >= 11 is 12.6. The summed E-state index contributed by atoms with van der Waals surface area (Å²) in [6.07, 6.45) is 0. The number of carbonyl (C=O) groups excluding carboxylic acids is 2. The number of carbonyl (C=O) groups is 2. The van der Waals surface area contributed by atoms with Gasteiger partial charge in [-0.1, -0.05) is 59.1 Å². The van der Waals surface area contributed by atoms with Crippen LogP contribution in [0, 0.1) is 6.92 Å². The van der Waals surface area contributed by atoms with Crippen molar-refractivity contribution in [3.05, 3.63) is 74.8 Å². The number of hydrogen-bond acceptors (Lipinski definition) is 5. The molecule has 1 unspecified atom stereocenters. The number of aliphatic hydroxyl groups is 1. The van der Waals surface area contributed by atoms with Crippen molar-refractivity contribution in [2.24, 2.45) is 0 Å². The van der Waals surface area contributed by atoms with Crippen molar-refractivity contribution in [1.82, 2.24) is 9.80 Å². The molecule has 2 aliphatic heterocycles. The minimum Gasteiger partial charge on any atom is -0.507 e. The molecule has 0 aromatic heterocycles. The lowest BCUT2D eigenvalue weighted by Gasteiger charge is -2.31. The molecule has 0 aliphatic carbocycles. The van der Waals surface area contributed by atoms with Gasteiger partial charge >= 0.3 is 0 Å². The number of halogens is 2. The van der Waals surface area contributed by atoms with Crippen LogP contribution in [0.15, 0.2) is 48.0 Å². The molecule has 0 radical (unpaired) electrons. The zero-order valence-electron chi connectivity index (χ0n) is 17.7. The summed E-state index contributed by atoms with van der Waals surface area (Å²) in [6.45, 7) is 5.64. The monoisotopic (exact) mass is 474 g/mol. The lowest BCUT2D eigenvalue weighted by molar-refractivity contribution is -0.140. The van der Waals surface area contributed by atoms with Crippen LogP contribution in [-0.4, -0.2) is 66.0 Å². The lowest BCUT2D eigenvalue weighted by atomic mass is 9.95. The maximum absolute atomic E-state index is 13.1. The Hall–Kier alpha value is -2.38. The minimum absolute atomic E-state index is 0.0325. The number of Topliss-reactive ketones (excluding diaryl/α,β-unsaturated/α-hetero) is 1. The van der Waals surface area contributed by atoms with E-state index >= 15 is 0 Å². The molecule has 1 atom stereocenters. The Bertz CT molecular complexity index is 1060. The number of aryl methyl sites for hydroxylation is 1. The molecule has 2 saturated heterocycles. The molecule has 0 bridgehead atoms. The molecule has 8 heteroatoms. The van der Waals surface area contributed by atoms with Crippen LogP contribution in [-0.2, 0) is 14.3 Å². The molecule has 0 spiro atoms. The Kier molecular flexibility index (Phi) is 6.86. The number of amides is 1. The van der Waals surface area contributed by atoms with E-state index in [9.17, 15) is 14.7 Å². The Labute approximate surface area is 197 Å². The molecule has 1 amide bonds. The molecule has 2 heterocycles. The molecule has 2 aromatic rings. The van der Waals surface area contributed by atoms with E-state index in [4.69, 9.17) is 27.9 Å². The van der Waals surface area contributed by atoms with Gasteiger partial charge in [0.25, 0.3) is 11.7 Å². The normalized spacial score (nSPS) is 21.3. The zero-order chi connectivity index (χ0) is 22.8. The van der Waals surface area contributed by atoms with Crippen LogP contribution in [0.1, 0.15) is 22.7 Å². The average Bonchev–Trinajstić information content (AvgIpc) is 3.03. The highest BCUT2D eigenvalue weighted by atomic mass is 35.5. The van der Waals surface area contributed by atoms with Crippen molar-refractivity contribution in [3.63, 3.8) is 0 Å². The predicted molar refractivity (Wildman–Crippen MR) is 124 cm³/mol. The second-order valence-electron chi connectivity index (χ2n) is 7.98. The van der Waals surface area contributed by atoms with Crippen molar-refractivity contribution in [2.45, 2.75) is 13.0 Å². The SMILES string of the molecule is Cc1ccc(/C(O)=C2\C(=O)C(=O)N(CCN3CCOCC3)C2c2ccc(Cl)cc2Cl)cc1. The minimum atomic E-state index is -0.804. The van der Waals surface area contributed by atoms with E-state index in [-0.39, 0.29) is 11.3 Å². The van der Waals surface area contributed by atoms with Crippen LogP contribution in [0.2, 0.25) is 10.0 Å². The number of ketones is 1. The van der Waals surface area contributed by atoms with Crippen LogP contribution in [0.25, 0.3) is 5.76 Å². The molecule has 32 heavy (non-hydrogen) atoms. The van der Waals surface area contributed by atoms with Gasteiger partial charge < -0.3 is 14.7 Å². The highest BCUT2D eigenvalue weighted by Crippen LogP contribution is 2.42. The van der Waals surface area contributed by atoms with Crippen molar-refractivity contribution in [2.75, 3.05) is 39.4 Å². The predicted octanol–water partition coefficient (Wildman–Crippen LogP) is 4.06. The van der Waals surface area contributed by atoms with Gasteiger partial charge in [0.05, 0.1) is 24.8 Å². The number of likely N-dealkylation sites (tertiary alicyclic amines) is 1. The highest BCUT2D eigenvalue weighted by Gasteiger charge is 2.46. The molecule has 2 aliphatic rings. The number of ether oxygens (including phenoxy) is 1. The van der Waals surface area contributed by atoms with Crippen molar-refractivity contribution >= 4 is 40.7 Å². The van der Waals surface area contributed by atoms with Gasteiger partial charge in [0.1, 0.15) is 5.76 Å². The topological polar surface area (TPSA) is 70.1 Å². The third-order valence-corrected chi connectivity index (χ3v) is 6.45. The maximum atomic E-state index is 13.1. The Morgan fingerprint density at radius 2 is 1.75 bits per heavy atom. The number of rotatable bonds is 5. The van der Waals surface area contributed by atoms with E-state index in [0.717, 1.165) is 18.7 Å².